The number of nitrogens with one attached hydrogen (secondary N) is 2. The van der Waals surface area contributed by atoms with Gasteiger partial charge in [0.1, 0.15) is 5.03 Å². The molecule has 0 atom stereocenters. The first kappa shape index (κ1) is 16.7. The van der Waals surface area contributed by atoms with Crippen molar-refractivity contribution < 1.29 is 4.79 Å². The second-order valence-electron chi connectivity index (χ2n) is 4.40. The summed E-state index contributed by atoms with van der Waals surface area (Å²) in [6.07, 6.45) is 0. The van der Waals surface area contributed by atoms with E-state index in [1.165, 1.54) is 11.8 Å². The molecule has 22 heavy (non-hydrogen) atoms. The Morgan fingerprint density at radius 2 is 2.00 bits per heavy atom. The van der Waals surface area contributed by atoms with E-state index in [-0.39, 0.29) is 5.91 Å². The monoisotopic (exact) mass is 336 g/mol. The smallest absolute Gasteiger partial charge is 0.271 e. The van der Waals surface area contributed by atoms with E-state index < -0.39 is 0 Å². The molecule has 5 nitrogen and oxygen atoms in total. The van der Waals surface area contributed by atoms with Crippen molar-refractivity contribution in [2.75, 3.05) is 19.6 Å². The molecule has 1 aromatic carbocycles. The molecule has 2 N–H and O–H groups in total. The number of likely N-dealkylation sites (N-methyl/N-ethyl adjacent to an activating group) is 1. The highest BCUT2D eigenvalue weighted by atomic mass is 35.5. The van der Waals surface area contributed by atoms with Crippen LogP contribution in [-0.2, 0) is 0 Å². The molecule has 0 radical (unpaired) electrons. The molecule has 0 aliphatic carbocycles. The van der Waals surface area contributed by atoms with Gasteiger partial charge in [0.25, 0.3) is 5.91 Å². The average molecular weight is 337 g/mol. The quantitative estimate of drug-likeness (QED) is 0.761. The van der Waals surface area contributed by atoms with Crippen molar-refractivity contribution in [3.63, 3.8) is 0 Å². The van der Waals surface area contributed by atoms with Gasteiger partial charge in [-0.2, -0.15) is 0 Å². The molecule has 2 aromatic rings. The van der Waals surface area contributed by atoms with Crippen LogP contribution in [0, 0.1) is 0 Å². The average Bonchev–Trinajstić information content (AvgIpc) is 2.54. The minimum Gasteiger partial charge on any atom is -0.349 e. The van der Waals surface area contributed by atoms with Crippen LogP contribution in [0.3, 0.4) is 0 Å². The van der Waals surface area contributed by atoms with Gasteiger partial charge < -0.3 is 10.6 Å². The van der Waals surface area contributed by atoms with E-state index in [1.54, 1.807) is 12.1 Å². The Balaban J connectivity index is 1.92. The highest BCUT2D eigenvalue weighted by Gasteiger charge is 2.09. The van der Waals surface area contributed by atoms with Gasteiger partial charge in [-0.1, -0.05) is 42.4 Å². The van der Waals surface area contributed by atoms with Crippen molar-refractivity contribution in [1.82, 2.24) is 20.8 Å². The summed E-state index contributed by atoms with van der Waals surface area (Å²) < 4.78 is 0. The van der Waals surface area contributed by atoms with E-state index in [4.69, 9.17) is 11.6 Å². The van der Waals surface area contributed by atoms with Crippen LogP contribution in [0.2, 0.25) is 5.02 Å². The lowest BCUT2D eigenvalue weighted by atomic mass is 10.3. The van der Waals surface area contributed by atoms with E-state index in [2.05, 4.69) is 20.8 Å². The SMILES string of the molecule is CCNCCNC(=O)c1ccc(Sc2ccccc2Cl)nn1. The molecule has 0 saturated carbocycles. The third-order valence-corrected chi connectivity index (χ3v) is 4.21. The summed E-state index contributed by atoms with van der Waals surface area (Å²) in [5.41, 5.74) is 0.306. The molecular formula is C15H17ClN4OS. The van der Waals surface area contributed by atoms with E-state index in [0.29, 0.717) is 22.3 Å². The zero-order chi connectivity index (χ0) is 15.8. The van der Waals surface area contributed by atoms with Gasteiger partial charge in [0.15, 0.2) is 5.69 Å². The maximum atomic E-state index is 11.9. The highest BCUT2D eigenvalue weighted by Crippen LogP contribution is 2.31. The van der Waals surface area contributed by atoms with Crippen LogP contribution in [0.4, 0.5) is 0 Å². The molecule has 0 bridgehead atoms. The van der Waals surface area contributed by atoms with Crippen molar-refractivity contribution in [2.45, 2.75) is 16.8 Å². The first-order chi connectivity index (χ1) is 10.7. The fraction of sp³-hybridized carbons (Fsp3) is 0.267. The number of hydrogen-bond donors (Lipinski definition) is 2. The molecule has 1 heterocycles. The summed E-state index contributed by atoms with van der Waals surface area (Å²) in [5, 5.41) is 15.3. The van der Waals surface area contributed by atoms with Gasteiger partial charge in [-0.15, -0.1) is 10.2 Å². The summed E-state index contributed by atoms with van der Waals surface area (Å²) in [6, 6.07) is 10.9. The number of rotatable bonds is 7. The Labute approximate surface area is 138 Å². The lowest BCUT2D eigenvalue weighted by Crippen LogP contribution is -2.32. The lowest BCUT2D eigenvalue weighted by Gasteiger charge is -2.05. The Hall–Kier alpha value is -1.63. The Kier molecular flexibility index (Phi) is 6.64. The number of carbonyl (C=O) groups excluding carboxylic acids is 1. The zero-order valence-corrected chi connectivity index (χ0v) is 13.7. The normalized spacial score (nSPS) is 10.5. The summed E-state index contributed by atoms with van der Waals surface area (Å²) in [6.45, 7) is 4.19. The molecule has 0 aliphatic heterocycles. The number of benzene rings is 1. The van der Waals surface area contributed by atoms with Gasteiger partial charge in [-0.3, -0.25) is 4.79 Å². The summed E-state index contributed by atoms with van der Waals surface area (Å²) in [5.74, 6) is -0.223. The number of amides is 1. The second kappa shape index (κ2) is 8.73. The van der Waals surface area contributed by atoms with Gasteiger partial charge in [-0.05, 0) is 30.8 Å². The van der Waals surface area contributed by atoms with E-state index in [0.717, 1.165) is 18.0 Å². The highest BCUT2D eigenvalue weighted by molar-refractivity contribution is 7.99. The van der Waals surface area contributed by atoms with Crippen LogP contribution in [0.25, 0.3) is 0 Å². The van der Waals surface area contributed by atoms with Crippen molar-refractivity contribution in [3.8, 4) is 0 Å². The Bertz CT molecular complexity index is 621. The number of nitrogens with zero attached hydrogens (tertiary/aromatic N) is 2. The molecule has 0 unspecified atom stereocenters. The van der Waals surface area contributed by atoms with Gasteiger partial charge >= 0.3 is 0 Å². The van der Waals surface area contributed by atoms with Gasteiger partial charge in [0.05, 0.1) is 5.02 Å². The van der Waals surface area contributed by atoms with Gasteiger partial charge in [0.2, 0.25) is 0 Å². The molecule has 1 amide bonds. The first-order valence-corrected chi connectivity index (χ1v) is 8.15. The van der Waals surface area contributed by atoms with Crippen LogP contribution >= 0.6 is 23.4 Å². The summed E-state index contributed by atoms with van der Waals surface area (Å²) >= 11 is 7.51. The number of aromatic nitrogens is 2. The third kappa shape index (κ3) is 4.98. The topological polar surface area (TPSA) is 66.9 Å². The lowest BCUT2D eigenvalue weighted by molar-refractivity contribution is 0.0947. The largest absolute Gasteiger partial charge is 0.349 e. The third-order valence-electron chi connectivity index (χ3n) is 2.76. The maximum Gasteiger partial charge on any atom is 0.271 e. The minimum absolute atomic E-state index is 0.223. The molecule has 1 aromatic heterocycles. The van der Waals surface area contributed by atoms with Crippen molar-refractivity contribution in [2.24, 2.45) is 0 Å². The van der Waals surface area contributed by atoms with Crippen LogP contribution in [0.5, 0.6) is 0 Å². The van der Waals surface area contributed by atoms with E-state index in [9.17, 15) is 4.79 Å². The van der Waals surface area contributed by atoms with Gasteiger partial charge in [0, 0.05) is 18.0 Å². The van der Waals surface area contributed by atoms with E-state index >= 15 is 0 Å². The molecule has 2 rings (SSSR count). The molecule has 0 fully saturated rings. The van der Waals surface area contributed by atoms with Crippen LogP contribution in [-0.4, -0.2) is 35.7 Å². The molecule has 116 valence electrons. The Morgan fingerprint density at radius 3 is 2.68 bits per heavy atom. The molecule has 0 saturated heterocycles. The molecule has 7 heteroatoms. The number of hydrogen-bond acceptors (Lipinski definition) is 5. The minimum atomic E-state index is -0.223. The van der Waals surface area contributed by atoms with E-state index in [1.807, 2.05) is 31.2 Å². The fourth-order valence-electron chi connectivity index (χ4n) is 1.67. The second-order valence-corrected chi connectivity index (χ2v) is 5.87. The Morgan fingerprint density at radius 1 is 1.18 bits per heavy atom. The number of carbonyl (C=O) groups is 1. The standard InChI is InChI=1S/C15H17ClN4OS/c1-2-17-9-10-18-15(21)12-7-8-14(20-19-12)22-13-6-4-3-5-11(13)16/h3-8,17H,2,9-10H2,1H3,(H,18,21). The van der Waals surface area contributed by atoms with Crippen molar-refractivity contribution >= 4 is 29.3 Å². The molecular weight excluding hydrogens is 320 g/mol. The molecule has 0 spiro atoms. The summed E-state index contributed by atoms with van der Waals surface area (Å²) in [4.78, 5) is 12.8. The van der Waals surface area contributed by atoms with Crippen molar-refractivity contribution in [3.05, 3.63) is 47.1 Å². The van der Waals surface area contributed by atoms with Crippen LogP contribution < -0.4 is 10.6 Å². The van der Waals surface area contributed by atoms with Crippen molar-refractivity contribution in [1.29, 1.82) is 0 Å². The zero-order valence-electron chi connectivity index (χ0n) is 12.2. The fourth-order valence-corrected chi connectivity index (χ4v) is 2.67. The van der Waals surface area contributed by atoms with Crippen LogP contribution in [0.15, 0.2) is 46.3 Å². The van der Waals surface area contributed by atoms with Gasteiger partial charge in [-0.25, -0.2) is 0 Å². The molecule has 0 aliphatic rings. The number of halogens is 1. The maximum absolute atomic E-state index is 11.9. The first-order valence-electron chi connectivity index (χ1n) is 6.95. The summed E-state index contributed by atoms with van der Waals surface area (Å²) in [7, 11) is 0. The predicted octanol–water partition coefficient (Wildman–Crippen LogP) is 2.62. The predicted molar refractivity (Wildman–Crippen MR) is 88.5 cm³/mol. The van der Waals surface area contributed by atoms with Crippen LogP contribution in [0.1, 0.15) is 17.4 Å².